The second kappa shape index (κ2) is 8.93. The quantitative estimate of drug-likeness (QED) is 0.745. The first-order chi connectivity index (χ1) is 13.1. The van der Waals surface area contributed by atoms with Crippen LogP contribution in [0.25, 0.3) is 0 Å². The van der Waals surface area contributed by atoms with E-state index in [0.29, 0.717) is 30.3 Å². The Balaban J connectivity index is 1.55. The normalized spacial score (nSPS) is 19.6. The van der Waals surface area contributed by atoms with E-state index in [9.17, 15) is 9.59 Å². The van der Waals surface area contributed by atoms with Crippen LogP contribution in [0.5, 0.6) is 11.5 Å². The Morgan fingerprint density at radius 3 is 2.74 bits per heavy atom. The number of nitrogens with zero attached hydrogens (tertiary/aromatic N) is 1. The summed E-state index contributed by atoms with van der Waals surface area (Å²) in [4.78, 5) is 26.7. The molecule has 0 saturated carbocycles. The summed E-state index contributed by atoms with van der Waals surface area (Å²) in [5, 5.41) is 2.89. The molecular formula is C21H28N2O4. The van der Waals surface area contributed by atoms with Crippen molar-refractivity contribution < 1.29 is 19.1 Å². The van der Waals surface area contributed by atoms with Crippen LogP contribution in [0.15, 0.2) is 29.8 Å². The largest absolute Gasteiger partial charge is 0.493 e. The summed E-state index contributed by atoms with van der Waals surface area (Å²) in [5.74, 6) is 0.787. The lowest BCUT2D eigenvalue weighted by atomic mass is 9.97. The Kier molecular flexibility index (Phi) is 6.37. The molecule has 6 heteroatoms. The molecule has 1 aromatic rings. The third kappa shape index (κ3) is 4.81. The van der Waals surface area contributed by atoms with Crippen LogP contribution in [0.1, 0.15) is 38.5 Å². The maximum atomic E-state index is 12.6. The van der Waals surface area contributed by atoms with Gasteiger partial charge in [0.05, 0.1) is 20.1 Å². The number of rotatable bonds is 7. The summed E-state index contributed by atoms with van der Waals surface area (Å²) in [6, 6.07) is 5.24. The number of anilines is 1. The first kappa shape index (κ1) is 19.3. The molecular weight excluding hydrogens is 344 g/mol. The van der Waals surface area contributed by atoms with Crippen molar-refractivity contribution >= 4 is 17.5 Å². The molecule has 1 atom stereocenters. The van der Waals surface area contributed by atoms with Gasteiger partial charge in [0.1, 0.15) is 0 Å². The van der Waals surface area contributed by atoms with Crippen LogP contribution < -0.4 is 14.8 Å². The van der Waals surface area contributed by atoms with Crippen LogP contribution in [0.2, 0.25) is 0 Å². The monoisotopic (exact) mass is 372 g/mol. The molecule has 1 aromatic carbocycles. The van der Waals surface area contributed by atoms with Gasteiger partial charge in [0.15, 0.2) is 11.5 Å². The molecule has 27 heavy (non-hydrogen) atoms. The van der Waals surface area contributed by atoms with E-state index in [0.717, 1.165) is 19.3 Å². The van der Waals surface area contributed by atoms with Gasteiger partial charge in [-0.2, -0.15) is 0 Å². The summed E-state index contributed by atoms with van der Waals surface area (Å²) in [5.41, 5.74) is 2.09. The number of methoxy groups -OCH3 is 2. The summed E-state index contributed by atoms with van der Waals surface area (Å²) < 4.78 is 10.5. The Morgan fingerprint density at radius 2 is 2.04 bits per heavy atom. The predicted molar refractivity (Wildman–Crippen MR) is 104 cm³/mol. The Labute approximate surface area is 160 Å². The van der Waals surface area contributed by atoms with Crippen molar-refractivity contribution in [2.24, 2.45) is 5.92 Å². The zero-order valence-corrected chi connectivity index (χ0v) is 16.1. The molecule has 1 fully saturated rings. The van der Waals surface area contributed by atoms with Gasteiger partial charge in [-0.15, -0.1) is 0 Å². The maximum absolute atomic E-state index is 12.6. The molecule has 0 aromatic heterocycles. The first-order valence-electron chi connectivity index (χ1n) is 9.59. The average molecular weight is 372 g/mol. The highest BCUT2D eigenvalue weighted by Crippen LogP contribution is 2.30. The van der Waals surface area contributed by atoms with Crippen LogP contribution >= 0.6 is 0 Å². The third-order valence-corrected chi connectivity index (χ3v) is 5.32. The molecule has 0 radical (unpaired) electrons. The average Bonchev–Trinajstić information content (AvgIpc) is 3.08. The minimum atomic E-state index is -0.314. The van der Waals surface area contributed by atoms with E-state index in [4.69, 9.17) is 9.47 Å². The van der Waals surface area contributed by atoms with Crippen molar-refractivity contribution in [3.63, 3.8) is 0 Å². The minimum Gasteiger partial charge on any atom is -0.493 e. The lowest BCUT2D eigenvalue weighted by Gasteiger charge is -2.19. The molecule has 0 bridgehead atoms. The number of carbonyl (C=O) groups is 2. The molecule has 2 amide bonds. The zero-order chi connectivity index (χ0) is 19.2. The molecule has 1 saturated heterocycles. The Hall–Kier alpha value is -2.50. The molecule has 6 nitrogen and oxygen atoms in total. The summed E-state index contributed by atoms with van der Waals surface area (Å²) in [6.45, 7) is 1.20. The smallest absolute Gasteiger partial charge is 0.229 e. The second-order valence-corrected chi connectivity index (χ2v) is 7.16. The molecule has 1 aliphatic carbocycles. The van der Waals surface area contributed by atoms with E-state index >= 15 is 0 Å². The van der Waals surface area contributed by atoms with Gasteiger partial charge >= 0.3 is 0 Å². The number of carbonyl (C=O) groups excluding carboxylic acids is 2. The fourth-order valence-corrected chi connectivity index (χ4v) is 3.73. The fraction of sp³-hybridized carbons (Fsp3) is 0.524. The molecule has 2 aliphatic rings. The lowest BCUT2D eigenvalue weighted by Crippen LogP contribution is -2.29. The van der Waals surface area contributed by atoms with Crippen LogP contribution in [-0.2, 0) is 9.59 Å². The number of hydrogen-bond acceptors (Lipinski definition) is 4. The number of allylic oxidation sites excluding steroid dienone is 1. The van der Waals surface area contributed by atoms with Crippen LogP contribution in [0.4, 0.5) is 5.69 Å². The van der Waals surface area contributed by atoms with Gasteiger partial charge in [0.2, 0.25) is 11.8 Å². The predicted octanol–water partition coefficient (Wildman–Crippen LogP) is 3.38. The first-order valence-corrected chi connectivity index (χ1v) is 9.59. The van der Waals surface area contributed by atoms with Gasteiger partial charge in [0.25, 0.3) is 0 Å². The van der Waals surface area contributed by atoms with Gasteiger partial charge in [-0.3, -0.25) is 9.59 Å². The summed E-state index contributed by atoms with van der Waals surface area (Å²) in [6.07, 6.45) is 8.32. The summed E-state index contributed by atoms with van der Waals surface area (Å²) in [7, 11) is 3.12. The van der Waals surface area contributed by atoms with Gasteiger partial charge in [-0.05, 0) is 44.2 Å². The van der Waals surface area contributed by atoms with Gasteiger partial charge in [-0.25, -0.2) is 0 Å². The van der Waals surface area contributed by atoms with Crippen molar-refractivity contribution in [1.29, 1.82) is 0 Å². The molecule has 1 heterocycles. The van der Waals surface area contributed by atoms with E-state index in [1.807, 2.05) is 4.90 Å². The van der Waals surface area contributed by atoms with E-state index in [1.165, 1.54) is 18.4 Å². The zero-order valence-electron chi connectivity index (χ0n) is 16.1. The van der Waals surface area contributed by atoms with E-state index in [2.05, 4.69) is 11.4 Å². The topological polar surface area (TPSA) is 67.9 Å². The highest BCUT2D eigenvalue weighted by molar-refractivity contribution is 5.97. The van der Waals surface area contributed by atoms with Crippen molar-refractivity contribution in [2.75, 3.05) is 32.6 Å². The highest BCUT2D eigenvalue weighted by atomic mass is 16.5. The molecule has 3 rings (SSSR count). The molecule has 1 aliphatic heterocycles. The van der Waals surface area contributed by atoms with Gasteiger partial charge in [-0.1, -0.05) is 11.6 Å². The third-order valence-electron chi connectivity index (χ3n) is 5.32. The Bertz CT molecular complexity index is 729. The fourth-order valence-electron chi connectivity index (χ4n) is 3.73. The van der Waals surface area contributed by atoms with Crippen LogP contribution in [0, 0.1) is 5.92 Å². The Morgan fingerprint density at radius 1 is 1.22 bits per heavy atom. The van der Waals surface area contributed by atoms with Crippen molar-refractivity contribution in [3.05, 3.63) is 29.8 Å². The number of hydrogen-bond donors (Lipinski definition) is 1. The minimum absolute atomic E-state index is 0.0684. The van der Waals surface area contributed by atoms with E-state index < -0.39 is 0 Å². The molecule has 1 unspecified atom stereocenters. The standard InChI is InChI=1S/C21H28N2O4/c1-26-18-9-8-17(13-19(18)27-2)22-21(25)16-12-20(24)23(14-16)11-10-15-6-4-3-5-7-15/h6,8-9,13,16H,3-5,7,10-12,14H2,1-2H3,(H,22,25). The van der Waals surface area contributed by atoms with Crippen molar-refractivity contribution in [3.8, 4) is 11.5 Å². The van der Waals surface area contributed by atoms with Crippen LogP contribution in [-0.4, -0.2) is 44.0 Å². The molecule has 1 N–H and O–H groups in total. The maximum Gasteiger partial charge on any atom is 0.229 e. The number of benzene rings is 1. The SMILES string of the molecule is COc1ccc(NC(=O)C2CC(=O)N(CCC3=CCCCC3)C2)cc1OC. The number of likely N-dealkylation sites (tertiary alicyclic amines) is 1. The molecule has 0 spiro atoms. The second-order valence-electron chi connectivity index (χ2n) is 7.16. The van der Waals surface area contributed by atoms with Gasteiger partial charge < -0.3 is 19.7 Å². The lowest BCUT2D eigenvalue weighted by molar-refractivity contribution is -0.128. The van der Waals surface area contributed by atoms with E-state index in [-0.39, 0.29) is 24.2 Å². The highest BCUT2D eigenvalue weighted by Gasteiger charge is 2.34. The van der Waals surface area contributed by atoms with Crippen LogP contribution in [0.3, 0.4) is 0 Å². The van der Waals surface area contributed by atoms with Gasteiger partial charge in [0, 0.05) is 31.3 Å². The number of nitrogens with one attached hydrogen (secondary N) is 1. The van der Waals surface area contributed by atoms with Crippen molar-refractivity contribution in [2.45, 2.75) is 38.5 Å². The van der Waals surface area contributed by atoms with E-state index in [1.54, 1.807) is 32.4 Å². The number of ether oxygens (including phenoxy) is 2. The van der Waals surface area contributed by atoms with Crippen molar-refractivity contribution in [1.82, 2.24) is 4.90 Å². The summed E-state index contributed by atoms with van der Waals surface area (Å²) >= 11 is 0. The molecule has 146 valence electrons. The number of amides is 2.